The van der Waals surface area contributed by atoms with Gasteiger partial charge in [-0.2, -0.15) is 65.5 Å². The number of alkyl halides is 15. The van der Waals surface area contributed by atoms with Crippen LogP contribution in [-0.4, -0.2) is 48.6 Å². The fourth-order valence-corrected chi connectivity index (χ4v) is 1.41. The average molecular weight is 517 g/mol. The molecule has 0 rings (SSSR count). The van der Waals surface area contributed by atoms with Gasteiger partial charge in [-0.05, 0) is 23.2 Å². The van der Waals surface area contributed by atoms with Crippen molar-refractivity contribution in [3.8, 4) is 0 Å². The molecule has 170 valence electrons. The molecule has 0 aromatic carbocycles. The summed E-state index contributed by atoms with van der Waals surface area (Å²) < 4.78 is 201. The summed E-state index contributed by atoms with van der Waals surface area (Å²) in [5, 5.41) is -19.4. The standard InChI is InChI=1S/C7Cl2F14O4S/c8-2(11,12)3(9,13)27-5(17,18)1(10,4(14,15)16)26-6(19,20)7(21,22)28(23,24)25. The van der Waals surface area contributed by atoms with E-state index in [1.807, 2.05) is 4.74 Å². The minimum atomic E-state index is -7.95. The van der Waals surface area contributed by atoms with Gasteiger partial charge >= 0.3 is 50.4 Å². The minimum absolute atomic E-state index is 1.42. The lowest BCUT2D eigenvalue weighted by molar-refractivity contribution is -0.526. The molecular weight excluding hydrogens is 517 g/mol. The summed E-state index contributed by atoms with van der Waals surface area (Å²) in [6.45, 7) is 0. The third-order valence-corrected chi connectivity index (χ3v) is 3.74. The Morgan fingerprint density at radius 2 is 1.00 bits per heavy atom. The van der Waals surface area contributed by atoms with Crippen LogP contribution in [0.3, 0.4) is 0 Å². The normalized spacial score (nSPS) is 19.9. The molecule has 21 heteroatoms. The smallest absolute Gasteiger partial charge is 0.262 e. The van der Waals surface area contributed by atoms with E-state index in [1.165, 1.54) is 4.74 Å². The molecule has 0 saturated carbocycles. The topological polar surface area (TPSA) is 52.6 Å². The van der Waals surface area contributed by atoms with Gasteiger partial charge in [0.25, 0.3) is 0 Å². The predicted octanol–water partition coefficient (Wildman–Crippen LogP) is 5.02. The summed E-state index contributed by atoms with van der Waals surface area (Å²) in [7, 11) is -7.95. The molecule has 0 bridgehead atoms. The highest BCUT2D eigenvalue weighted by Crippen LogP contribution is 2.55. The molecule has 0 saturated heterocycles. The van der Waals surface area contributed by atoms with E-state index in [2.05, 4.69) is 23.2 Å². The Kier molecular flexibility index (Phi) is 6.88. The fraction of sp³-hybridized carbons (Fsp3) is 1.00. The Balaban J connectivity index is 6.45. The maximum Gasteiger partial charge on any atom is 0.464 e. The summed E-state index contributed by atoms with van der Waals surface area (Å²) in [6.07, 6.45) is -22.8. The maximum atomic E-state index is 13.5. The summed E-state index contributed by atoms with van der Waals surface area (Å²) >= 11 is 7.58. The molecule has 0 aliphatic rings. The van der Waals surface area contributed by atoms with Crippen molar-refractivity contribution < 1.29 is 78.9 Å². The van der Waals surface area contributed by atoms with Gasteiger partial charge in [-0.15, -0.1) is 0 Å². The summed E-state index contributed by atoms with van der Waals surface area (Å²) in [5.41, 5.74) is 0. The number of rotatable bonds is 8. The zero-order chi connectivity index (χ0) is 23.4. The van der Waals surface area contributed by atoms with Crippen LogP contribution in [0.5, 0.6) is 0 Å². The molecule has 0 aromatic heterocycles. The Bertz CT molecular complexity index is 685. The molecule has 0 aromatic rings. The average Bonchev–Trinajstić information content (AvgIpc) is 2.31. The van der Waals surface area contributed by atoms with Gasteiger partial charge in [0.2, 0.25) is 0 Å². The Morgan fingerprint density at radius 3 is 1.25 bits per heavy atom. The van der Waals surface area contributed by atoms with E-state index in [0.29, 0.717) is 0 Å². The van der Waals surface area contributed by atoms with Gasteiger partial charge in [-0.1, -0.05) is 3.89 Å². The zero-order valence-corrected chi connectivity index (χ0v) is 13.9. The number of ether oxygens (including phenoxy) is 2. The van der Waals surface area contributed by atoms with Gasteiger partial charge in [0, 0.05) is 0 Å². The van der Waals surface area contributed by atoms with Crippen LogP contribution in [0.2, 0.25) is 0 Å². The van der Waals surface area contributed by atoms with Crippen molar-refractivity contribution in [3.63, 3.8) is 0 Å². The molecule has 0 aliphatic heterocycles. The van der Waals surface area contributed by atoms with Gasteiger partial charge in [0.15, 0.2) is 0 Å². The van der Waals surface area contributed by atoms with E-state index >= 15 is 0 Å². The van der Waals surface area contributed by atoms with Crippen molar-refractivity contribution >= 4 is 33.4 Å². The fourth-order valence-electron chi connectivity index (χ4n) is 0.945. The van der Waals surface area contributed by atoms with Crippen molar-refractivity contribution in [2.75, 3.05) is 0 Å². The molecule has 0 spiro atoms. The first-order chi connectivity index (χ1) is 11.7. The largest absolute Gasteiger partial charge is 0.464 e. The van der Waals surface area contributed by atoms with Crippen molar-refractivity contribution in [3.05, 3.63) is 0 Å². The van der Waals surface area contributed by atoms with Crippen molar-refractivity contribution in [2.45, 2.75) is 40.2 Å². The third-order valence-electron chi connectivity index (χ3n) is 2.24. The number of hydrogen-bond acceptors (Lipinski definition) is 4. The summed E-state index contributed by atoms with van der Waals surface area (Å²) in [5.74, 6) is -7.72. The van der Waals surface area contributed by atoms with E-state index in [9.17, 15) is 69.4 Å². The van der Waals surface area contributed by atoms with Gasteiger partial charge in [-0.25, -0.2) is 0 Å². The van der Waals surface area contributed by atoms with Crippen LogP contribution in [0, 0.1) is 0 Å². The van der Waals surface area contributed by atoms with Crippen LogP contribution in [0.25, 0.3) is 0 Å². The molecular formula is C7Cl2F14O4S. The second-order valence-electron chi connectivity index (χ2n) is 4.30. The second-order valence-corrected chi connectivity index (χ2v) is 6.65. The third kappa shape index (κ3) is 4.78. The van der Waals surface area contributed by atoms with Crippen LogP contribution in [0.4, 0.5) is 61.0 Å². The predicted molar refractivity (Wildman–Crippen MR) is 57.4 cm³/mol. The molecule has 0 heterocycles. The molecule has 0 N–H and O–H groups in total. The van der Waals surface area contributed by atoms with Crippen LogP contribution in [0.15, 0.2) is 0 Å². The Hall–Kier alpha value is -0.530. The van der Waals surface area contributed by atoms with E-state index in [0.717, 1.165) is 0 Å². The number of halogens is 16. The highest BCUT2D eigenvalue weighted by atomic mass is 35.5. The lowest BCUT2D eigenvalue weighted by Crippen LogP contribution is -2.65. The molecule has 0 amide bonds. The molecule has 0 radical (unpaired) electrons. The van der Waals surface area contributed by atoms with Crippen LogP contribution >= 0.6 is 23.2 Å². The zero-order valence-electron chi connectivity index (χ0n) is 11.6. The van der Waals surface area contributed by atoms with Crippen molar-refractivity contribution in [1.29, 1.82) is 0 Å². The Labute approximate surface area is 153 Å². The summed E-state index contributed by atoms with van der Waals surface area (Å²) in [6, 6.07) is 0. The van der Waals surface area contributed by atoms with E-state index in [4.69, 9.17) is 0 Å². The second kappa shape index (κ2) is 7.02. The maximum absolute atomic E-state index is 13.5. The minimum Gasteiger partial charge on any atom is -0.262 e. The lowest BCUT2D eigenvalue weighted by atomic mass is 10.2. The highest BCUT2D eigenvalue weighted by Gasteiger charge is 2.83. The molecule has 4 nitrogen and oxygen atoms in total. The first kappa shape index (κ1) is 27.5. The first-order valence-electron chi connectivity index (χ1n) is 5.34. The SMILES string of the molecule is O=S(=O)(F)C(F)(F)C(F)(F)OC(F)(C(F)(F)F)C(F)(F)OC(F)(Cl)C(F)(F)Cl. The van der Waals surface area contributed by atoms with Crippen LogP contribution in [0.1, 0.15) is 0 Å². The van der Waals surface area contributed by atoms with Gasteiger partial charge in [-0.3, -0.25) is 9.47 Å². The van der Waals surface area contributed by atoms with Gasteiger partial charge < -0.3 is 0 Å². The van der Waals surface area contributed by atoms with E-state index < -0.39 is 50.4 Å². The lowest BCUT2D eigenvalue weighted by Gasteiger charge is -2.38. The van der Waals surface area contributed by atoms with Gasteiger partial charge in [0.05, 0.1) is 0 Å². The summed E-state index contributed by atoms with van der Waals surface area (Å²) in [4.78, 5) is 0. The monoisotopic (exact) mass is 516 g/mol. The highest BCUT2D eigenvalue weighted by molar-refractivity contribution is 7.87. The molecule has 0 fully saturated rings. The number of hydrogen-bond donors (Lipinski definition) is 0. The first-order valence-corrected chi connectivity index (χ1v) is 7.48. The van der Waals surface area contributed by atoms with E-state index in [-0.39, 0.29) is 0 Å². The molecule has 0 aliphatic carbocycles. The van der Waals surface area contributed by atoms with Crippen molar-refractivity contribution in [1.82, 2.24) is 0 Å². The molecule has 2 atom stereocenters. The Morgan fingerprint density at radius 1 is 0.643 bits per heavy atom. The van der Waals surface area contributed by atoms with Crippen LogP contribution < -0.4 is 0 Å². The van der Waals surface area contributed by atoms with Gasteiger partial charge in [0.1, 0.15) is 0 Å². The molecule has 28 heavy (non-hydrogen) atoms. The van der Waals surface area contributed by atoms with Crippen molar-refractivity contribution in [2.24, 2.45) is 0 Å². The molecule has 2 unspecified atom stereocenters. The van der Waals surface area contributed by atoms with E-state index in [1.54, 1.807) is 0 Å². The van der Waals surface area contributed by atoms with Crippen LogP contribution in [-0.2, 0) is 19.7 Å². The quantitative estimate of drug-likeness (QED) is 0.258.